The molecule has 0 saturated carbocycles. The van der Waals surface area contributed by atoms with E-state index in [2.05, 4.69) is 193 Å². The molecule has 0 saturated heterocycles. The van der Waals surface area contributed by atoms with Crippen molar-refractivity contribution in [1.29, 1.82) is 0 Å². The molecular formula is C47H31N. The van der Waals surface area contributed by atoms with Gasteiger partial charge >= 0.3 is 0 Å². The second kappa shape index (κ2) is 10.4. The number of rotatable bonds is 4. The van der Waals surface area contributed by atoms with Gasteiger partial charge in [0.2, 0.25) is 0 Å². The van der Waals surface area contributed by atoms with Crippen LogP contribution in [0.4, 0.5) is 17.1 Å². The molecule has 0 fully saturated rings. The van der Waals surface area contributed by atoms with Crippen LogP contribution in [0.15, 0.2) is 188 Å². The van der Waals surface area contributed by atoms with Gasteiger partial charge in [0.05, 0.1) is 11.1 Å². The lowest BCUT2D eigenvalue weighted by molar-refractivity contribution is 0.794. The fourth-order valence-electron chi connectivity index (χ4n) is 8.55. The topological polar surface area (TPSA) is 3.24 Å². The van der Waals surface area contributed by atoms with E-state index in [1.165, 1.54) is 72.1 Å². The highest BCUT2D eigenvalue weighted by molar-refractivity contribution is 6.12. The minimum absolute atomic E-state index is 0.419. The number of fused-ring (bicyclic) bond motifs is 12. The molecule has 224 valence electrons. The molecule has 8 aromatic rings. The van der Waals surface area contributed by atoms with E-state index in [0.717, 1.165) is 11.4 Å². The van der Waals surface area contributed by atoms with Crippen molar-refractivity contribution in [1.82, 2.24) is 0 Å². The van der Waals surface area contributed by atoms with Gasteiger partial charge in [0, 0.05) is 16.8 Å². The maximum absolute atomic E-state index is 2.51. The van der Waals surface area contributed by atoms with Crippen molar-refractivity contribution in [2.75, 3.05) is 4.90 Å². The smallest absolute Gasteiger partial charge is 0.0726 e. The van der Waals surface area contributed by atoms with Gasteiger partial charge in [0.25, 0.3) is 0 Å². The maximum Gasteiger partial charge on any atom is 0.0726 e. The van der Waals surface area contributed by atoms with Gasteiger partial charge < -0.3 is 4.90 Å². The summed E-state index contributed by atoms with van der Waals surface area (Å²) >= 11 is 0. The first-order valence-electron chi connectivity index (χ1n) is 16.7. The van der Waals surface area contributed by atoms with Crippen LogP contribution in [0.25, 0.3) is 44.2 Å². The third kappa shape index (κ3) is 3.67. The van der Waals surface area contributed by atoms with Crippen LogP contribution in [0, 0.1) is 0 Å². The molecule has 0 heterocycles. The zero-order valence-electron chi connectivity index (χ0n) is 26.3. The molecule has 0 amide bonds. The van der Waals surface area contributed by atoms with Gasteiger partial charge in [-0.15, -0.1) is 0 Å². The summed E-state index contributed by atoms with van der Waals surface area (Å²) in [5.74, 6) is 0. The Bertz CT molecular complexity index is 2450. The Morgan fingerprint density at radius 1 is 0.333 bits per heavy atom. The van der Waals surface area contributed by atoms with Crippen molar-refractivity contribution < 1.29 is 0 Å². The van der Waals surface area contributed by atoms with E-state index in [0.29, 0.717) is 0 Å². The van der Waals surface area contributed by atoms with Crippen LogP contribution in [0.1, 0.15) is 22.3 Å². The molecule has 0 aromatic heterocycles. The average Bonchev–Trinajstić information content (AvgIpc) is 3.64. The highest BCUT2D eigenvalue weighted by Gasteiger charge is 2.52. The van der Waals surface area contributed by atoms with Crippen LogP contribution < -0.4 is 4.90 Å². The summed E-state index contributed by atoms with van der Waals surface area (Å²) in [7, 11) is 0. The molecule has 0 radical (unpaired) electrons. The fraction of sp³-hybridized carbons (Fsp3) is 0.0213. The maximum atomic E-state index is 2.51. The van der Waals surface area contributed by atoms with Gasteiger partial charge in [-0.1, -0.05) is 158 Å². The number of anilines is 3. The normalized spacial score (nSPS) is 13.2. The van der Waals surface area contributed by atoms with E-state index in [1.807, 2.05) is 0 Å². The van der Waals surface area contributed by atoms with Gasteiger partial charge in [-0.05, 0) is 91.4 Å². The number of benzene rings is 8. The number of nitrogens with zero attached hydrogens (tertiary/aromatic N) is 1. The largest absolute Gasteiger partial charge is 0.310 e. The van der Waals surface area contributed by atoms with E-state index in [9.17, 15) is 0 Å². The van der Waals surface area contributed by atoms with Crippen molar-refractivity contribution >= 4 is 27.8 Å². The lowest BCUT2D eigenvalue weighted by Gasteiger charge is -2.33. The molecule has 0 atom stereocenters. The standard InChI is InChI=1S/C47H31N/c1-3-15-32(16-4-1)33-27-29-35(30-28-33)48(34-17-5-2-6-18-34)45-31-44-46(39-22-8-7-21-38(39)45)40-23-11-14-26-43(40)47(44)41-24-12-9-19-36(41)37-20-10-13-25-42(37)47/h1-31H. The van der Waals surface area contributed by atoms with E-state index < -0.39 is 5.41 Å². The van der Waals surface area contributed by atoms with Crippen LogP contribution in [0.2, 0.25) is 0 Å². The Balaban J connectivity index is 1.30. The first-order valence-corrected chi connectivity index (χ1v) is 16.7. The monoisotopic (exact) mass is 609 g/mol. The van der Waals surface area contributed by atoms with E-state index in [-0.39, 0.29) is 0 Å². The molecule has 10 rings (SSSR count). The van der Waals surface area contributed by atoms with Gasteiger partial charge in [-0.3, -0.25) is 0 Å². The zero-order chi connectivity index (χ0) is 31.7. The first-order chi connectivity index (χ1) is 23.8. The van der Waals surface area contributed by atoms with Crippen molar-refractivity contribution in [2.24, 2.45) is 0 Å². The number of para-hydroxylation sites is 1. The summed E-state index contributed by atoms with van der Waals surface area (Å²) in [5.41, 5.74) is 16.2. The quantitative estimate of drug-likeness (QED) is 0.192. The summed E-state index contributed by atoms with van der Waals surface area (Å²) in [4.78, 5) is 2.45. The zero-order valence-corrected chi connectivity index (χ0v) is 26.3. The summed E-state index contributed by atoms with van der Waals surface area (Å²) in [6, 6.07) is 69.1. The third-order valence-electron chi connectivity index (χ3n) is 10.5. The minimum atomic E-state index is -0.419. The Hall–Kier alpha value is -6.18. The average molecular weight is 610 g/mol. The molecule has 0 unspecified atom stereocenters. The predicted octanol–water partition coefficient (Wildman–Crippen LogP) is 12.3. The van der Waals surface area contributed by atoms with Gasteiger partial charge in [0.15, 0.2) is 0 Å². The highest BCUT2D eigenvalue weighted by Crippen LogP contribution is 2.64. The number of hydrogen-bond acceptors (Lipinski definition) is 1. The van der Waals surface area contributed by atoms with Crippen LogP contribution in [0.3, 0.4) is 0 Å². The Labute approximate surface area is 281 Å². The molecular weight excluding hydrogens is 579 g/mol. The van der Waals surface area contributed by atoms with Gasteiger partial charge in [-0.2, -0.15) is 0 Å². The summed E-state index contributed by atoms with van der Waals surface area (Å²) in [6.07, 6.45) is 0. The second-order valence-electron chi connectivity index (χ2n) is 12.8. The van der Waals surface area contributed by atoms with Crippen LogP contribution >= 0.6 is 0 Å². The molecule has 8 aromatic carbocycles. The molecule has 0 aliphatic heterocycles. The number of hydrogen-bond donors (Lipinski definition) is 0. The predicted molar refractivity (Wildman–Crippen MR) is 200 cm³/mol. The molecule has 0 N–H and O–H groups in total. The van der Waals surface area contributed by atoms with Gasteiger partial charge in [-0.25, -0.2) is 0 Å². The molecule has 1 nitrogen and oxygen atoms in total. The van der Waals surface area contributed by atoms with Crippen molar-refractivity contribution in [3.63, 3.8) is 0 Å². The van der Waals surface area contributed by atoms with Crippen molar-refractivity contribution in [3.8, 4) is 33.4 Å². The van der Waals surface area contributed by atoms with Crippen LogP contribution in [-0.2, 0) is 5.41 Å². The fourth-order valence-corrected chi connectivity index (χ4v) is 8.55. The Kier molecular flexibility index (Phi) is 5.86. The SMILES string of the molecule is c1ccc(-c2ccc(N(c3ccccc3)c3cc4c(c5ccccc35)-c3ccccc3C43c4ccccc4-c4ccccc43)cc2)cc1. The Morgan fingerprint density at radius 2 is 0.792 bits per heavy atom. The van der Waals surface area contributed by atoms with Crippen LogP contribution in [-0.4, -0.2) is 0 Å². The van der Waals surface area contributed by atoms with Crippen molar-refractivity contribution in [2.45, 2.75) is 5.41 Å². The summed E-state index contributed by atoms with van der Waals surface area (Å²) in [6.45, 7) is 0. The third-order valence-corrected chi connectivity index (χ3v) is 10.5. The molecule has 1 heteroatoms. The minimum Gasteiger partial charge on any atom is -0.310 e. The first kappa shape index (κ1) is 27.0. The molecule has 2 aliphatic rings. The lowest BCUT2D eigenvalue weighted by atomic mass is 9.70. The molecule has 1 spiro atoms. The van der Waals surface area contributed by atoms with E-state index in [4.69, 9.17) is 0 Å². The Morgan fingerprint density at radius 3 is 1.44 bits per heavy atom. The van der Waals surface area contributed by atoms with Gasteiger partial charge in [0.1, 0.15) is 0 Å². The van der Waals surface area contributed by atoms with E-state index in [1.54, 1.807) is 0 Å². The van der Waals surface area contributed by atoms with Crippen molar-refractivity contribution in [3.05, 3.63) is 210 Å². The summed E-state index contributed by atoms with van der Waals surface area (Å²) < 4.78 is 0. The molecule has 2 aliphatic carbocycles. The lowest BCUT2D eigenvalue weighted by Crippen LogP contribution is -2.26. The van der Waals surface area contributed by atoms with E-state index >= 15 is 0 Å². The summed E-state index contributed by atoms with van der Waals surface area (Å²) in [5, 5.41) is 2.51. The molecule has 48 heavy (non-hydrogen) atoms. The highest BCUT2D eigenvalue weighted by atomic mass is 15.1. The van der Waals surface area contributed by atoms with Crippen LogP contribution in [0.5, 0.6) is 0 Å². The second-order valence-corrected chi connectivity index (χ2v) is 12.8. The molecule has 0 bridgehead atoms.